The van der Waals surface area contributed by atoms with Crippen molar-refractivity contribution in [2.24, 2.45) is 15.2 Å². The van der Waals surface area contributed by atoms with Gasteiger partial charge in [-0.3, -0.25) is 4.79 Å². The SMILES string of the molecule is C=C1N=NC(SCc2cccc(Cl)c2)=NC1=O. The summed E-state index contributed by atoms with van der Waals surface area (Å²) in [4.78, 5) is 14.9. The van der Waals surface area contributed by atoms with Crippen LogP contribution in [0.1, 0.15) is 5.56 Å². The van der Waals surface area contributed by atoms with Crippen LogP contribution < -0.4 is 0 Å². The van der Waals surface area contributed by atoms with Crippen LogP contribution >= 0.6 is 23.4 Å². The van der Waals surface area contributed by atoms with E-state index >= 15 is 0 Å². The second-order valence-electron chi connectivity index (χ2n) is 3.26. The van der Waals surface area contributed by atoms with E-state index in [1.165, 1.54) is 11.8 Å². The van der Waals surface area contributed by atoms with E-state index < -0.39 is 5.91 Å². The maximum atomic E-state index is 11.2. The van der Waals surface area contributed by atoms with Crippen molar-refractivity contribution in [3.05, 3.63) is 47.1 Å². The summed E-state index contributed by atoms with van der Waals surface area (Å²) in [5.74, 6) is 0.201. The third-order valence-electron chi connectivity index (χ3n) is 1.96. The van der Waals surface area contributed by atoms with E-state index in [2.05, 4.69) is 21.8 Å². The normalized spacial score (nSPS) is 15.0. The number of amidine groups is 1. The van der Waals surface area contributed by atoms with Crippen molar-refractivity contribution in [3.63, 3.8) is 0 Å². The number of carbonyl (C=O) groups excluding carboxylic acids is 1. The lowest BCUT2D eigenvalue weighted by molar-refractivity contribution is -0.114. The molecule has 1 aliphatic rings. The number of benzene rings is 1. The van der Waals surface area contributed by atoms with Gasteiger partial charge < -0.3 is 0 Å². The Morgan fingerprint density at radius 1 is 1.35 bits per heavy atom. The van der Waals surface area contributed by atoms with Crippen molar-refractivity contribution in [2.75, 3.05) is 0 Å². The summed E-state index contributed by atoms with van der Waals surface area (Å²) in [5, 5.41) is 8.44. The van der Waals surface area contributed by atoms with Crippen LogP contribution in [0.25, 0.3) is 0 Å². The summed E-state index contributed by atoms with van der Waals surface area (Å²) >= 11 is 7.20. The Balaban J connectivity index is 2.00. The average molecular weight is 266 g/mol. The van der Waals surface area contributed by atoms with Crippen LogP contribution in [-0.2, 0) is 10.5 Å². The summed E-state index contributed by atoms with van der Waals surface area (Å²) in [6, 6.07) is 7.48. The van der Waals surface area contributed by atoms with E-state index in [4.69, 9.17) is 11.6 Å². The minimum absolute atomic E-state index is 0.0668. The molecule has 1 heterocycles. The van der Waals surface area contributed by atoms with Crippen LogP contribution in [0.15, 0.2) is 51.8 Å². The molecule has 1 amide bonds. The number of azo groups is 1. The molecule has 0 N–H and O–H groups in total. The van der Waals surface area contributed by atoms with Crippen LogP contribution in [-0.4, -0.2) is 11.1 Å². The third-order valence-corrected chi connectivity index (χ3v) is 3.10. The fourth-order valence-corrected chi connectivity index (χ4v) is 2.09. The van der Waals surface area contributed by atoms with Crippen molar-refractivity contribution in [3.8, 4) is 0 Å². The largest absolute Gasteiger partial charge is 0.299 e. The van der Waals surface area contributed by atoms with Gasteiger partial charge in [0.1, 0.15) is 5.70 Å². The van der Waals surface area contributed by atoms with Crippen LogP contribution in [0, 0.1) is 0 Å². The number of rotatable bonds is 2. The summed E-state index contributed by atoms with van der Waals surface area (Å²) < 4.78 is 0. The second kappa shape index (κ2) is 5.25. The third kappa shape index (κ3) is 3.25. The monoisotopic (exact) mass is 265 g/mol. The summed E-state index contributed by atoms with van der Waals surface area (Å²) in [6.07, 6.45) is 0. The fraction of sp³-hybridized carbons (Fsp3) is 0.0909. The Morgan fingerprint density at radius 3 is 2.88 bits per heavy atom. The summed E-state index contributed by atoms with van der Waals surface area (Å²) in [6.45, 7) is 3.42. The Hall–Kier alpha value is -1.46. The molecule has 17 heavy (non-hydrogen) atoms. The van der Waals surface area contributed by atoms with E-state index in [-0.39, 0.29) is 5.70 Å². The molecule has 86 valence electrons. The van der Waals surface area contributed by atoms with Crippen molar-refractivity contribution in [1.82, 2.24) is 0 Å². The zero-order valence-corrected chi connectivity index (χ0v) is 10.3. The minimum atomic E-state index is -0.436. The summed E-state index contributed by atoms with van der Waals surface area (Å²) in [5.41, 5.74) is 1.11. The molecule has 0 bridgehead atoms. The second-order valence-corrected chi connectivity index (χ2v) is 4.64. The Bertz CT molecular complexity index is 539. The van der Waals surface area contributed by atoms with Gasteiger partial charge in [0.2, 0.25) is 5.17 Å². The fourth-order valence-electron chi connectivity index (χ4n) is 1.16. The van der Waals surface area contributed by atoms with Gasteiger partial charge in [-0.2, -0.15) is 4.99 Å². The van der Waals surface area contributed by atoms with E-state index in [9.17, 15) is 4.79 Å². The van der Waals surface area contributed by atoms with E-state index in [1.807, 2.05) is 18.2 Å². The lowest BCUT2D eigenvalue weighted by Crippen LogP contribution is -2.04. The van der Waals surface area contributed by atoms with Gasteiger partial charge in [-0.1, -0.05) is 42.1 Å². The van der Waals surface area contributed by atoms with Gasteiger partial charge in [0.15, 0.2) is 0 Å². The van der Waals surface area contributed by atoms with Crippen molar-refractivity contribution >= 4 is 34.4 Å². The molecule has 0 spiro atoms. The molecule has 1 aliphatic heterocycles. The predicted molar refractivity (Wildman–Crippen MR) is 69.2 cm³/mol. The van der Waals surface area contributed by atoms with Gasteiger partial charge in [0.05, 0.1) is 0 Å². The number of nitrogens with zero attached hydrogens (tertiary/aromatic N) is 3. The number of hydrogen-bond donors (Lipinski definition) is 0. The highest BCUT2D eigenvalue weighted by Crippen LogP contribution is 2.20. The molecular weight excluding hydrogens is 258 g/mol. The van der Waals surface area contributed by atoms with E-state index in [0.29, 0.717) is 15.9 Å². The highest BCUT2D eigenvalue weighted by molar-refractivity contribution is 8.13. The van der Waals surface area contributed by atoms with Crippen LogP contribution in [0.2, 0.25) is 5.02 Å². The predicted octanol–water partition coefficient (Wildman–Crippen LogP) is 3.44. The summed E-state index contributed by atoms with van der Waals surface area (Å²) in [7, 11) is 0. The van der Waals surface area contributed by atoms with Gasteiger partial charge in [-0.05, 0) is 17.7 Å². The number of carbonyl (C=O) groups is 1. The molecule has 6 heteroatoms. The van der Waals surface area contributed by atoms with Gasteiger partial charge in [-0.25, -0.2) is 0 Å². The Labute approximate surface area is 107 Å². The lowest BCUT2D eigenvalue weighted by atomic mass is 10.2. The topological polar surface area (TPSA) is 54.1 Å². The first-order chi connectivity index (χ1) is 8.15. The quantitative estimate of drug-likeness (QED) is 0.769. The first kappa shape index (κ1) is 12.0. The number of thioether (sulfide) groups is 1. The van der Waals surface area contributed by atoms with Crippen LogP contribution in [0.3, 0.4) is 0 Å². The number of amides is 1. The first-order valence-electron chi connectivity index (χ1n) is 4.76. The molecular formula is C11H8ClN3OS. The molecule has 1 aromatic carbocycles. The Morgan fingerprint density at radius 2 is 2.18 bits per heavy atom. The molecule has 0 radical (unpaired) electrons. The molecule has 0 aliphatic carbocycles. The van der Waals surface area contributed by atoms with Gasteiger partial charge in [0, 0.05) is 10.8 Å². The highest BCUT2D eigenvalue weighted by Gasteiger charge is 2.13. The number of halogens is 1. The van der Waals surface area contributed by atoms with Crippen molar-refractivity contribution in [2.45, 2.75) is 5.75 Å². The Kier molecular flexibility index (Phi) is 3.71. The van der Waals surface area contributed by atoms with Crippen molar-refractivity contribution in [1.29, 1.82) is 0 Å². The van der Waals surface area contributed by atoms with E-state index in [0.717, 1.165) is 5.56 Å². The highest BCUT2D eigenvalue weighted by atomic mass is 35.5. The van der Waals surface area contributed by atoms with E-state index in [1.54, 1.807) is 6.07 Å². The molecule has 0 fully saturated rings. The lowest BCUT2D eigenvalue weighted by Gasteiger charge is -2.04. The average Bonchev–Trinajstić information content (AvgIpc) is 2.31. The molecule has 4 nitrogen and oxygen atoms in total. The molecule has 0 atom stereocenters. The number of hydrogen-bond acceptors (Lipinski definition) is 4. The smallest absolute Gasteiger partial charge is 0.265 e. The van der Waals surface area contributed by atoms with Crippen LogP contribution in [0.5, 0.6) is 0 Å². The molecule has 0 unspecified atom stereocenters. The van der Waals surface area contributed by atoms with Gasteiger partial charge >= 0.3 is 0 Å². The zero-order chi connectivity index (χ0) is 12.3. The molecule has 0 saturated heterocycles. The first-order valence-corrected chi connectivity index (χ1v) is 6.12. The minimum Gasteiger partial charge on any atom is -0.265 e. The molecule has 2 rings (SSSR count). The van der Waals surface area contributed by atoms with Crippen LogP contribution in [0.4, 0.5) is 0 Å². The zero-order valence-electron chi connectivity index (χ0n) is 8.76. The maximum Gasteiger partial charge on any atom is 0.299 e. The molecule has 0 aromatic heterocycles. The molecule has 1 aromatic rings. The maximum absolute atomic E-state index is 11.2. The van der Waals surface area contributed by atoms with Gasteiger partial charge in [0.25, 0.3) is 5.91 Å². The number of aliphatic imine (C=N–C) groups is 1. The van der Waals surface area contributed by atoms with Crippen molar-refractivity contribution < 1.29 is 4.79 Å². The molecule has 0 saturated carbocycles. The standard InChI is InChI=1S/C11H8ClN3OS/c1-7-10(16)13-11(15-14-7)17-6-8-3-2-4-9(12)5-8/h2-5H,1,6H2. The van der Waals surface area contributed by atoms with Gasteiger partial charge in [-0.15, -0.1) is 10.2 Å².